The van der Waals surface area contributed by atoms with Crippen LogP contribution in [0.25, 0.3) is 11.3 Å². The number of rotatable bonds is 4. The predicted octanol–water partition coefficient (Wildman–Crippen LogP) is 3.60. The first-order valence-corrected chi connectivity index (χ1v) is 9.70. The zero-order valence-electron chi connectivity index (χ0n) is 16.2. The fourth-order valence-electron chi connectivity index (χ4n) is 3.62. The molecule has 1 amide bonds. The first-order chi connectivity index (χ1) is 14.5. The number of amides is 1. The number of anilines is 2. The number of hydrogen-bond donors (Lipinski definition) is 2. The van der Waals surface area contributed by atoms with Gasteiger partial charge in [0.2, 0.25) is 0 Å². The highest BCUT2D eigenvalue weighted by molar-refractivity contribution is 6.04. The van der Waals surface area contributed by atoms with Crippen molar-refractivity contribution in [2.45, 2.75) is 18.9 Å². The van der Waals surface area contributed by atoms with E-state index in [-0.39, 0.29) is 23.0 Å². The number of piperidine rings is 1. The zero-order valence-corrected chi connectivity index (χ0v) is 16.2. The Morgan fingerprint density at radius 2 is 1.90 bits per heavy atom. The van der Waals surface area contributed by atoms with E-state index in [1.807, 2.05) is 6.07 Å². The Labute approximate surface area is 172 Å². The Bertz CT molecular complexity index is 1050. The Hall–Kier alpha value is -3.39. The molecule has 0 radical (unpaired) electrons. The standard InChI is InChI=1S/C22H21F2N5O/c23-15-5-1-6-16(24)21(15)17-7-2-8-18(27-17)22(30)28-19-12-26-10-9-20(19)29-11-3-4-14(25)13-29/h1-2,5-10,12,14H,3-4,11,13,25H2,(H,28,30)/t14-/m0/s1. The summed E-state index contributed by atoms with van der Waals surface area (Å²) in [5, 5.41) is 2.81. The third kappa shape index (κ3) is 4.13. The van der Waals surface area contributed by atoms with Crippen molar-refractivity contribution in [1.82, 2.24) is 9.97 Å². The highest BCUT2D eigenvalue weighted by Crippen LogP contribution is 2.28. The van der Waals surface area contributed by atoms with Gasteiger partial charge in [0.15, 0.2) is 0 Å². The van der Waals surface area contributed by atoms with Gasteiger partial charge in [-0.25, -0.2) is 13.8 Å². The van der Waals surface area contributed by atoms with Crippen molar-refractivity contribution < 1.29 is 13.6 Å². The summed E-state index contributed by atoms with van der Waals surface area (Å²) < 4.78 is 28.2. The van der Waals surface area contributed by atoms with Crippen LogP contribution in [0.4, 0.5) is 20.2 Å². The zero-order chi connectivity index (χ0) is 21.1. The maximum absolute atomic E-state index is 14.1. The summed E-state index contributed by atoms with van der Waals surface area (Å²) in [5.74, 6) is -1.98. The maximum atomic E-state index is 14.1. The Morgan fingerprint density at radius 3 is 2.67 bits per heavy atom. The number of halogens is 2. The number of pyridine rings is 2. The van der Waals surface area contributed by atoms with Crippen molar-refractivity contribution >= 4 is 17.3 Å². The lowest BCUT2D eigenvalue weighted by Gasteiger charge is -2.33. The molecule has 8 heteroatoms. The first-order valence-electron chi connectivity index (χ1n) is 9.70. The molecule has 3 N–H and O–H groups in total. The van der Waals surface area contributed by atoms with E-state index in [1.54, 1.807) is 12.4 Å². The fraction of sp³-hybridized carbons (Fsp3) is 0.227. The molecule has 0 bridgehead atoms. The van der Waals surface area contributed by atoms with Gasteiger partial charge in [0.1, 0.15) is 17.3 Å². The number of hydrogen-bond acceptors (Lipinski definition) is 5. The molecule has 2 aromatic heterocycles. The topological polar surface area (TPSA) is 84.1 Å². The molecule has 3 aromatic rings. The molecular weight excluding hydrogens is 388 g/mol. The van der Waals surface area contributed by atoms with Crippen molar-refractivity contribution in [3.05, 3.63) is 72.2 Å². The van der Waals surface area contributed by atoms with Crippen LogP contribution in [0.5, 0.6) is 0 Å². The van der Waals surface area contributed by atoms with E-state index in [9.17, 15) is 13.6 Å². The summed E-state index contributed by atoms with van der Waals surface area (Å²) in [6.07, 6.45) is 5.15. The summed E-state index contributed by atoms with van der Waals surface area (Å²) in [6, 6.07) is 9.97. The van der Waals surface area contributed by atoms with Crippen LogP contribution < -0.4 is 16.0 Å². The third-order valence-corrected chi connectivity index (χ3v) is 5.05. The summed E-state index contributed by atoms with van der Waals surface area (Å²) in [7, 11) is 0. The van der Waals surface area contributed by atoms with E-state index in [2.05, 4.69) is 20.2 Å². The van der Waals surface area contributed by atoms with E-state index in [4.69, 9.17) is 5.73 Å². The molecule has 1 aromatic carbocycles. The number of carbonyl (C=O) groups excluding carboxylic acids is 1. The minimum Gasteiger partial charge on any atom is -0.368 e. The smallest absolute Gasteiger partial charge is 0.274 e. The average molecular weight is 409 g/mol. The summed E-state index contributed by atoms with van der Waals surface area (Å²) in [4.78, 5) is 23.2. The van der Waals surface area contributed by atoms with Crippen molar-refractivity contribution in [3.8, 4) is 11.3 Å². The molecule has 0 spiro atoms. The lowest BCUT2D eigenvalue weighted by Crippen LogP contribution is -2.43. The van der Waals surface area contributed by atoms with Crippen LogP contribution in [0.2, 0.25) is 0 Å². The van der Waals surface area contributed by atoms with E-state index in [0.29, 0.717) is 12.2 Å². The Balaban J connectivity index is 1.60. The van der Waals surface area contributed by atoms with Crippen molar-refractivity contribution in [2.75, 3.05) is 23.3 Å². The van der Waals surface area contributed by atoms with Gasteiger partial charge in [-0.1, -0.05) is 12.1 Å². The number of benzene rings is 1. The van der Waals surface area contributed by atoms with Gasteiger partial charge >= 0.3 is 0 Å². The van der Waals surface area contributed by atoms with E-state index < -0.39 is 17.5 Å². The highest BCUT2D eigenvalue weighted by atomic mass is 19.1. The molecule has 30 heavy (non-hydrogen) atoms. The Morgan fingerprint density at radius 1 is 1.13 bits per heavy atom. The molecule has 1 saturated heterocycles. The maximum Gasteiger partial charge on any atom is 0.274 e. The number of aromatic nitrogens is 2. The van der Waals surface area contributed by atoms with Crippen LogP contribution in [0.15, 0.2) is 54.9 Å². The Kier molecular flexibility index (Phi) is 5.67. The molecule has 1 aliphatic rings. The first kappa shape index (κ1) is 19.9. The van der Waals surface area contributed by atoms with Gasteiger partial charge in [-0.15, -0.1) is 0 Å². The largest absolute Gasteiger partial charge is 0.368 e. The molecule has 4 rings (SSSR count). The number of nitrogens with two attached hydrogens (primary N) is 1. The second kappa shape index (κ2) is 8.54. The van der Waals surface area contributed by atoms with Gasteiger partial charge in [-0.2, -0.15) is 0 Å². The second-order valence-corrected chi connectivity index (χ2v) is 7.20. The lowest BCUT2D eigenvalue weighted by atomic mass is 10.1. The number of carbonyl (C=O) groups is 1. The summed E-state index contributed by atoms with van der Waals surface area (Å²) in [5.41, 5.74) is 7.26. The molecule has 0 saturated carbocycles. The number of nitrogens with one attached hydrogen (secondary N) is 1. The quantitative estimate of drug-likeness (QED) is 0.688. The predicted molar refractivity (Wildman–Crippen MR) is 111 cm³/mol. The van der Waals surface area contributed by atoms with E-state index in [0.717, 1.165) is 37.2 Å². The van der Waals surface area contributed by atoms with Crippen LogP contribution in [0, 0.1) is 11.6 Å². The van der Waals surface area contributed by atoms with Crippen molar-refractivity contribution in [1.29, 1.82) is 0 Å². The lowest BCUT2D eigenvalue weighted by molar-refractivity contribution is 0.102. The highest BCUT2D eigenvalue weighted by Gasteiger charge is 2.21. The van der Waals surface area contributed by atoms with Crippen LogP contribution in [-0.2, 0) is 0 Å². The van der Waals surface area contributed by atoms with Gasteiger partial charge in [0.25, 0.3) is 5.91 Å². The fourth-order valence-corrected chi connectivity index (χ4v) is 3.62. The van der Waals surface area contributed by atoms with Gasteiger partial charge in [-0.3, -0.25) is 9.78 Å². The van der Waals surface area contributed by atoms with Crippen LogP contribution >= 0.6 is 0 Å². The van der Waals surface area contributed by atoms with Crippen LogP contribution in [0.1, 0.15) is 23.3 Å². The SMILES string of the molecule is N[C@H]1CCCN(c2ccncc2NC(=O)c2cccc(-c3c(F)cccc3F)n2)C1. The van der Waals surface area contributed by atoms with Crippen molar-refractivity contribution in [3.63, 3.8) is 0 Å². The molecule has 0 aliphatic carbocycles. The molecule has 1 atom stereocenters. The second-order valence-electron chi connectivity index (χ2n) is 7.20. The van der Waals surface area contributed by atoms with E-state index in [1.165, 1.54) is 24.3 Å². The molecule has 0 unspecified atom stereocenters. The van der Waals surface area contributed by atoms with Gasteiger partial charge in [0.05, 0.1) is 28.8 Å². The van der Waals surface area contributed by atoms with Gasteiger partial charge in [-0.05, 0) is 43.2 Å². The summed E-state index contributed by atoms with van der Waals surface area (Å²) >= 11 is 0. The van der Waals surface area contributed by atoms with Gasteiger partial charge < -0.3 is 16.0 Å². The molecule has 1 fully saturated rings. The van der Waals surface area contributed by atoms with Crippen molar-refractivity contribution in [2.24, 2.45) is 5.73 Å². The normalized spacial score (nSPS) is 16.4. The molecule has 154 valence electrons. The molecule has 6 nitrogen and oxygen atoms in total. The minimum atomic E-state index is -0.740. The van der Waals surface area contributed by atoms with E-state index >= 15 is 0 Å². The molecule has 1 aliphatic heterocycles. The van der Waals surface area contributed by atoms with Crippen LogP contribution in [0.3, 0.4) is 0 Å². The summed E-state index contributed by atoms with van der Waals surface area (Å²) in [6.45, 7) is 1.52. The van der Waals surface area contributed by atoms with Gasteiger partial charge in [0, 0.05) is 25.3 Å². The molecular formula is C22H21F2N5O. The molecule has 3 heterocycles. The van der Waals surface area contributed by atoms with Crippen LogP contribution in [-0.4, -0.2) is 35.0 Å². The average Bonchev–Trinajstić information content (AvgIpc) is 2.74. The minimum absolute atomic E-state index is 0.0419. The third-order valence-electron chi connectivity index (χ3n) is 5.05. The number of nitrogens with zero attached hydrogens (tertiary/aromatic N) is 3. The monoisotopic (exact) mass is 409 g/mol.